The number of ketones is 1. The van der Waals surface area contributed by atoms with Crippen LogP contribution in [0, 0.1) is 25.5 Å². The maximum absolute atomic E-state index is 13.8. The van der Waals surface area contributed by atoms with E-state index in [0.717, 1.165) is 11.8 Å². The number of aryl methyl sites for hydroxylation is 2. The van der Waals surface area contributed by atoms with Gasteiger partial charge in [0.15, 0.2) is 11.6 Å². The fourth-order valence-corrected chi connectivity index (χ4v) is 1.90. The molecule has 0 unspecified atom stereocenters. The van der Waals surface area contributed by atoms with Crippen molar-refractivity contribution >= 4 is 5.78 Å². The third-order valence-electron chi connectivity index (χ3n) is 2.68. The molecule has 0 fully saturated rings. The summed E-state index contributed by atoms with van der Waals surface area (Å²) in [5.74, 6) is -2.04. The number of hydrogen-bond donors (Lipinski definition) is 0. The van der Waals surface area contributed by atoms with Gasteiger partial charge in [-0.15, -0.1) is 0 Å². The Hall–Kier alpha value is -2.10. The number of hydrogen-bond acceptors (Lipinski definition) is 2. The van der Waals surface area contributed by atoms with Crippen LogP contribution < -0.4 is 0 Å². The summed E-state index contributed by atoms with van der Waals surface area (Å²) in [6, 6.07) is 4.20. The fraction of sp³-hybridized carbons (Fsp3) is 0.143. The van der Waals surface area contributed by atoms with Crippen LogP contribution in [0.15, 0.2) is 30.6 Å². The van der Waals surface area contributed by atoms with Crippen LogP contribution in [0.1, 0.15) is 27.0 Å². The number of halogens is 2. The molecule has 2 nitrogen and oxygen atoms in total. The molecule has 0 bridgehead atoms. The molecule has 0 saturated heterocycles. The number of carbonyl (C=O) groups is 1. The van der Waals surface area contributed by atoms with Gasteiger partial charge in [0.25, 0.3) is 0 Å². The van der Waals surface area contributed by atoms with E-state index in [1.165, 1.54) is 18.3 Å². The molecular weight excluding hydrogens is 236 g/mol. The smallest absolute Gasteiger partial charge is 0.199 e. The molecule has 0 amide bonds. The van der Waals surface area contributed by atoms with Crippen LogP contribution in [-0.4, -0.2) is 10.8 Å². The molecule has 0 spiro atoms. The summed E-state index contributed by atoms with van der Waals surface area (Å²) in [5.41, 5.74) is 0.951. The van der Waals surface area contributed by atoms with Gasteiger partial charge < -0.3 is 0 Å². The molecule has 0 radical (unpaired) electrons. The number of benzene rings is 1. The van der Waals surface area contributed by atoms with Crippen molar-refractivity contribution in [2.75, 3.05) is 0 Å². The average molecular weight is 247 g/mol. The van der Waals surface area contributed by atoms with Crippen molar-refractivity contribution in [3.8, 4) is 0 Å². The minimum atomic E-state index is -0.748. The molecule has 4 heteroatoms. The summed E-state index contributed by atoms with van der Waals surface area (Å²) in [5, 5.41) is 0. The fourth-order valence-electron chi connectivity index (χ4n) is 1.90. The highest BCUT2D eigenvalue weighted by atomic mass is 19.1. The molecule has 0 saturated carbocycles. The monoisotopic (exact) mass is 247 g/mol. The van der Waals surface area contributed by atoms with Crippen molar-refractivity contribution in [2.24, 2.45) is 0 Å². The van der Waals surface area contributed by atoms with Crippen LogP contribution in [-0.2, 0) is 0 Å². The topological polar surface area (TPSA) is 30.0 Å². The van der Waals surface area contributed by atoms with Crippen molar-refractivity contribution in [1.29, 1.82) is 0 Å². The zero-order valence-corrected chi connectivity index (χ0v) is 10.00. The molecule has 1 aromatic heterocycles. The normalized spacial score (nSPS) is 10.4. The SMILES string of the molecule is Cc1cc(C)c(C(=O)c2ccncc2F)c(F)c1. The zero-order valence-electron chi connectivity index (χ0n) is 10.00. The minimum absolute atomic E-state index is 0.0919. The quantitative estimate of drug-likeness (QED) is 0.763. The van der Waals surface area contributed by atoms with E-state index < -0.39 is 17.4 Å². The van der Waals surface area contributed by atoms with Gasteiger partial charge in [-0.2, -0.15) is 0 Å². The molecule has 2 rings (SSSR count). The van der Waals surface area contributed by atoms with E-state index in [-0.39, 0.29) is 11.1 Å². The second kappa shape index (κ2) is 4.64. The summed E-state index contributed by atoms with van der Waals surface area (Å²) < 4.78 is 27.3. The van der Waals surface area contributed by atoms with Gasteiger partial charge >= 0.3 is 0 Å². The Bertz CT molecular complexity index is 600. The lowest BCUT2D eigenvalue weighted by atomic mass is 9.97. The van der Waals surface area contributed by atoms with Gasteiger partial charge in [0.05, 0.1) is 17.3 Å². The lowest BCUT2D eigenvalue weighted by molar-refractivity contribution is 0.103. The summed E-state index contributed by atoms with van der Waals surface area (Å²) in [4.78, 5) is 15.7. The van der Waals surface area contributed by atoms with Crippen molar-refractivity contribution in [3.05, 3.63) is 64.5 Å². The summed E-state index contributed by atoms with van der Waals surface area (Å²) in [6.07, 6.45) is 2.24. The van der Waals surface area contributed by atoms with Crippen LogP contribution in [0.5, 0.6) is 0 Å². The van der Waals surface area contributed by atoms with Gasteiger partial charge in [0.2, 0.25) is 0 Å². The molecule has 2 aromatic rings. The third-order valence-corrected chi connectivity index (χ3v) is 2.68. The van der Waals surface area contributed by atoms with E-state index >= 15 is 0 Å². The van der Waals surface area contributed by atoms with Crippen LogP contribution in [0.3, 0.4) is 0 Å². The van der Waals surface area contributed by atoms with E-state index in [0.29, 0.717) is 5.56 Å². The number of carbonyl (C=O) groups excluding carboxylic acids is 1. The van der Waals surface area contributed by atoms with Crippen LogP contribution in [0.2, 0.25) is 0 Å². The third kappa shape index (κ3) is 2.14. The first-order valence-electron chi connectivity index (χ1n) is 5.41. The largest absolute Gasteiger partial charge is 0.288 e. The molecule has 0 N–H and O–H groups in total. The standard InChI is InChI=1S/C14H11F2NO/c1-8-5-9(2)13(11(15)6-8)14(18)10-3-4-17-7-12(10)16/h3-7H,1-2H3. The highest BCUT2D eigenvalue weighted by molar-refractivity contribution is 6.10. The number of nitrogens with zero attached hydrogens (tertiary/aromatic N) is 1. The van der Waals surface area contributed by atoms with Crippen molar-refractivity contribution in [3.63, 3.8) is 0 Å². The van der Waals surface area contributed by atoms with Crippen LogP contribution >= 0.6 is 0 Å². The first kappa shape index (κ1) is 12.4. The van der Waals surface area contributed by atoms with E-state index in [1.807, 2.05) is 0 Å². The second-order valence-corrected chi connectivity index (χ2v) is 4.12. The number of rotatable bonds is 2. The van der Waals surface area contributed by atoms with Gasteiger partial charge in [-0.3, -0.25) is 9.78 Å². The molecule has 92 valence electrons. The Balaban J connectivity index is 2.57. The molecule has 0 aliphatic heterocycles. The summed E-state index contributed by atoms with van der Waals surface area (Å²) >= 11 is 0. The first-order chi connectivity index (χ1) is 8.50. The zero-order chi connectivity index (χ0) is 13.3. The molecule has 18 heavy (non-hydrogen) atoms. The molecule has 0 aliphatic carbocycles. The molecular formula is C14H11F2NO. The maximum Gasteiger partial charge on any atom is 0.199 e. The van der Waals surface area contributed by atoms with E-state index in [1.54, 1.807) is 19.9 Å². The van der Waals surface area contributed by atoms with E-state index in [4.69, 9.17) is 0 Å². The highest BCUT2D eigenvalue weighted by Crippen LogP contribution is 2.20. The Morgan fingerprint density at radius 3 is 2.50 bits per heavy atom. The van der Waals surface area contributed by atoms with E-state index in [2.05, 4.69) is 4.98 Å². The average Bonchev–Trinajstić information content (AvgIpc) is 2.27. The summed E-state index contributed by atoms with van der Waals surface area (Å²) in [6.45, 7) is 3.36. The first-order valence-corrected chi connectivity index (χ1v) is 5.41. The highest BCUT2D eigenvalue weighted by Gasteiger charge is 2.19. The molecule has 0 atom stereocenters. The lowest BCUT2D eigenvalue weighted by Gasteiger charge is -2.08. The van der Waals surface area contributed by atoms with Gasteiger partial charge in [-0.25, -0.2) is 8.78 Å². The van der Waals surface area contributed by atoms with Crippen molar-refractivity contribution in [2.45, 2.75) is 13.8 Å². The predicted octanol–water partition coefficient (Wildman–Crippen LogP) is 3.21. The molecule has 0 aliphatic rings. The Morgan fingerprint density at radius 2 is 1.89 bits per heavy atom. The van der Waals surface area contributed by atoms with Gasteiger partial charge in [0.1, 0.15) is 5.82 Å². The number of aromatic nitrogens is 1. The molecule has 1 heterocycles. The van der Waals surface area contributed by atoms with Crippen LogP contribution in [0.25, 0.3) is 0 Å². The van der Waals surface area contributed by atoms with Crippen LogP contribution in [0.4, 0.5) is 8.78 Å². The Kier molecular flexibility index (Phi) is 3.19. The Morgan fingerprint density at radius 1 is 1.17 bits per heavy atom. The lowest BCUT2D eigenvalue weighted by Crippen LogP contribution is -2.09. The maximum atomic E-state index is 13.8. The molecule has 1 aromatic carbocycles. The van der Waals surface area contributed by atoms with Gasteiger partial charge in [-0.1, -0.05) is 6.07 Å². The summed E-state index contributed by atoms with van der Waals surface area (Å²) in [7, 11) is 0. The van der Waals surface area contributed by atoms with E-state index in [9.17, 15) is 13.6 Å². The van der Waals surface area contributed by atoms with Crippen molar-refractivity contribution in [1.82, 2.24) is 4.98 Å². The number of pyridine rings is 1. The predicted molar refractivity (Wildman–Crippen MR) is 63.5 cm³/mol. The van der Waals surface area contributed by atoms with Crippen molar-refractivity contribution < 1.29 is 13.6 Å². The second-order valence-electron chi connectivity index (χ2n) is 4.12. The Labute approximate surface area is 103 Å². The van der Waals surface area contributed by atoms with Gasteiger partial charge in [-0.05, 0) is 37.1 Å². The minimum Gasteiger partial charge on any atom is -0.288 e. The van der Waals surface area contributed by atoms with Gasteiger partial charge in [0, 0.05) is 6.20 Å².